The lowest BCUT2D eigenvalue weighted by atomic mass is 9.92. The number of nitrogens with zero attached hydrogens (tertiary/aromatic N) is 1. The summed E-state index contributed by atoms with van der Waals surface area (Å²) in [6.07, 6.45) is 3.04. The first-order chi connectivity index (χ1) is 11.0. The zero-order valence-electron chi connectivity index (χ0n) is 13.5. The third kappa shape index (κ3) is 5.34. The van der Waals surface area contributed by atoms with Crippen LogP contribution in [0, 0.1) is 11.7 Å². The topological polar surface area (TPSA) is 57.6 Å². The van der Waals surface area contributed by atoms with Crippen molar-refractivity contribution in [2.45, 2.75) is 44.9 Å². The van der Waals surface area contributed by atoms with Crippen LogP contribution < -0.4 is 0 Å². The van der Waals surface area contributed by atoms with Gasteiger partial charge in [-0.25, -0.2) is 4.39 Å². The fourth-order valence-electron chi connectivity index (χ4n) is 3.18. The van der Waals surface area contributed by atoms with Crippen LogP contribution in [0.3, 0.4) is 0 Å². The van der Waals surface area contributed by atoms with Gasteiger partial charge in [0.05, 0.1) is 0 Å². The Bertz CT molecular complexity index is 561. The molecule has 5 heteroatoms. The van der Waals surface area contributed by atoms with Crippen molar-refractivity contribution >= 4 is 11.9 Å². The van der Waals surface area contributed by atoms with E-state index in [1.165, 1.54) is 12.1 Å². The normalized spacial score (nSPS) is 19.4. The molecule has 1 aliphatic heterocycles. The summed E-state index contributed by atoms with van der Waals surface area (Å²) in [4.78, 5) is 25.0. The highest BCUT2D eigenvalue weighted by molar-refractivity contribution is 5.77. The van der Waals surface area contributed by atoms with E-state index in [4.69, 9.17) is 5.11 Å². The number of amides is 1. The van der Waals surface area contributed by atoms with Crippen LogP contribution in [-0.4, -0.2) is 35.0 Å². The fourth-order valence-corrected chi connectivity index (χ4v) is 3.18. The molecule has 0 unspecified atom stereocenters. The van der Waals surface area contributed by atoms with E-state index in [1.807, 2.05) is 17.9 Å². The molecule has 0 bridgehead atoms. The van der Waals surface area contributed by atoms with Crippen LogP contribution >= 0.6 is 0 Å². The summed E-state index contributed by atoms with van der Waals surface area (Å²) in [5.74, 6) is -0.755. The third-order valence-corrected chi connectivity index (χ3v) is 4.54. The van der Waals surface area contributed by atoms with Crippen LogP contribution in [0.4, 0.5) is 4.39 Å². The summed E-state index contributed by atoms with van der Waals surface area (Å²) < 4.78 is 13.3. The van der Waals surface area contributed by atoms with Crippen LogP contribution in [-0.2, 0) is 9.59 Å². The second-order valence-electron chi connectivity index (χ2n) is 6.44. The number of aliphatic carboxylic acids is 1. The predicted octanol–water partition coefficient (Wildman–Crippen LogP) is 3.42. The van der Waals surface area contributed by atoms with Gasteiger partial charge in [-0.15, -0.1) is 0 Å². The Morgan fingerprint density at radius 1 is 1.43 bits per heavy atom. The SMILES string of the molecule is C[C@H](CC(=O)N1CCC[C@@H](CCC(=O)O)C1)c1cccc(F)c1. The molecule has 1 fully saturated rings. The van der Waals surface area contributed by atoms with Crippen molar-refractivity contribution in [3.63, 3.8) is 0 Å². The Morgan fingerprint density at radius 3 is 2.91 bits per heavy atom. The number of carbonyl (C=O) groups excluding carboxylic acids is 1. The molecule has 1 aromatic rings. The van der Waals surface area contributed by atoms with Crippen LogP contribution in [0.25, 0.3) is 0 Å². The monoisotopic (exact) mass is 321 g/mol. The molecule has 1 N–H and O–H groups in total. The minimum Gasteiger partial charge on any atom is -0.481 e. The molecule has 126 valence electrons. The van der Waals surface area contributed by atoms with Gasteiger partial charge < -0.3 is 10.0 Å². The standard InChI is InChI=1S/C18H24FNO3/c1-13(15-5-2-6-16(19)11-15)10-17(21)20-9-3-4-14(12-20)7-8-18(22)23/h2,5-6,11,13-14H,3-4,7-10,12H2,1H3,(H,22,23)/t13-,14+/m1/s1. The maximum Gasteiger partial charge on any atom is 0.303 e. The molecule has 0 saturated carbocycles. The van der Waals surface area contributed by atoms with Crippen molar-refractivity contribution in [2.24, 2.45) is 5.92 Å². The number of carboxylic acids is 1. The zero-order chi connectivity index (χ0) is 16.8. The smallest absolute Gasteiger partial charge is 0.303 e. The van der Waals surface area contributed by atoms with E-state index >= 15 is 0 Å². The van der Waals surface area contributed by atoms with E-state index in [0.29, 0.717) is 19.4 Å². The minimum atomic E-state index is -0.784. The van der Waals surface area contributed by atoms with E-state index in [9.17, 15) is 14.0 Å². The number of piperidine rings is 1. The molecular formula is C18H24FNO3. The first kappa shape index (κ1) is 17.4. The quantitative estimate of drug-likeness (QED) is 0.873. The van der Waals surface area contributed by atoms with Gasteiger partial charge in [0.25, 0.3) is 0 Å². The summed E-state index contributed by atoms with van der Waals surface area (Å²) in [5, 5.41) is 8.78. The second kappa shape index (κ2) is 8.09. The Morgan fingerprint density at radius 2 is 2.22 bits per heavy atom. The van der Waals surface area contributed by atoms with Gasteiger partial charge in [-0.3, -0.25) is 9.59 Å². The molecule has 1 aromatic carbocycles. The molecular weight excluding hydrogens is 297 g/mol. The number of rotatable bonds is 6. The lowest BCUT2D eigenvalue weighted by Gasteiger charge is -2.33. The highest BCUT2D eigenvalue weighted by atomic mass is 19.1. The van der Waals surface area contributed by atoms with E-state index in [-0.39, 0.29) is 30.0 Å². The van der Waals surface area contributed by atoms with Crippen molar-refractivity contribution in [3.8, 4) is 0 Å². The number of hydrogen-bond acceptors (Lipinski definition) is 2. The summed E-state index contributed by atoms with van der Waals surface area (Å²) in [7, 11) is 0. The lowest BCUT2D eigenvalue weighted by molar-refractivity contribution is -0.137. The molecule has 0 aromatic heterocycles. The van der Waals surface area contributed by atoms with Gasteiger partial charge in [0.15, 0.2) is 0 Å². The maximum absolute atomic E-state index is 13.3. The summed E-state index contributed by atoms with van der Waals surface area (Å²) in [6, 6.07) is 6.38. The van der Waals surface area contributed by atoms with Crippen LogP contribution in [0.2, 0.25) is 0 Å². The second-order valence-corrected chi connectivity index (χ2v) is 6.44. The molecule has 0 spiro atoms. The summed E-state index contributed by atoms with van der Waals surface area (Å²) in [6.45, 7) is 3.30. The van der Waals surface area contributed by atoms with Crippen LogP contribution in [0.1, 0.15) is 50.5 Å². The minimum absolute atomic E-state index is 0.0300. The Balaban J connectivity index is 1.88. The number of halogens is 1. The van der Waals surface area contributed by atoms with Gasteiger partial charge in [-0.05, 0) is 48.8 Å². The molecule has 0 radical (unpaired) electrons. The average Bonchev–Trinajstić information content (AvgIpc) is 2.53. The summed E-state index contributed by atoms with van der Waals surface area (Å²) in [5.41, 5.74) is 0.831. The largest absolute Gasteiger partial charge is 0.481 e. The average molecular weight is 321 g/mol. The molecule has 1 amide bonds. The Labute approximate surface area is 136 Å². The lowest BCUT2D eigenvalue weighted by Crippen LogP contribution is -2.40. The molecule has 1 saturated heterocycles. The molecule has 2 atom stereocenters. The highest BCUT2D eigenvalue weighted by Gasteiger charge is 2.25. The number of carboxylic acid groups (broad SMARTS) is 1. The van der Waals surface area contributed by atoms with Gasteiger partial charge in [-0.2, -0.15) is 0 Å². The van der Waals surface area contributed by atoms with Gasteiger partial charge in [0, 0.05) is 25.9 Å². The Hall–Kier alpha value is -1.91. The third-order valence-electron chi connectivity index (χ3n) is 4.54. The van der Waals surface area contributed by atoms with E-state index < -0.39 is 5.97 Å². The van der Waals surface area contributed by atoms with Crippen molar-refractivity contribution in [1.82, 2.24) is 4.90 Å². The fraction of sp³-hybridized carbons (Fsp3) is 0.556. The maximum atomic E-state index is 13.3. The zero-order valence-corrected chi connectivity index (χ0v) is 13.5. The first-order valence-electron chi connectivity index (χ1n) is 8.20. The molecule has 1 aliphatic rings. The highest BCUT2D eigenvalue weighted by Crippen LogP contribution is 2.25. The van der Waals surface area contributed by atoms with Gasteiger partial charge in [0.1, 0.15) is 5.82 Å². The van der Waals surface area contributed by atoms with Gasteiger partial charge in [0.2, 0.25) is 5.91 Å². The van der Waals surface area contributed by atoms with Crippen molar-refractivity contribution < 1.29 is 19.1 Å². The van der Waals surface area contributed by atoms with E-state index in [2.05, 4.69) is 0 Å². The molecule has 23 heavy (non-hydrogen) atoms. The molecule has 4 nitrogen and oxygen atoms in total. The van der Waals surface area contributed by atoms with E-state index in [0.717, 1.165) is 24.9 Å². The predicted molar refractivity (Wildman–Crippen MR) is 85.6 cm³/mol. The molecule has 2 rings (SSSR count). The van der Waals surface area contributed by atoms with E-state index in [1.54, 1.807) is 6.07 Å². The van der Waals surface area contributed by atoms with Crippen molar-refractivity contribution in [3.05, 3.63) is 35.6 Å². The number of benzene rings is 1. The van der Waals surface area contributed by atoms with Crippen molar-refractivity contribution in [2.75, 3.05) is 13.1 Å². The van der Waals surface area contributed by atoms with Gasteiger partial charge in [-0.1, -0.05) is 19.1 Å². The van der Waals surface area contributed by atoms with Gasteiger partial charge >= 0.3 is 5.97 Å². The first-order valence-corrected chi connectivity index (χ1v) is 8.20. The number of carbonyl (C=O) groups is 2. The van der Waals surface area contributed by atoms with Crippen LogP contribution in [0.15, 0.2) is 24.3 Å². The summed E-state index contributed by atoms with van der Waals surface area (Å²) >= 11 is 0. The Kier molecular flexibility index (Phi) is 6.13. The number of likely N-dealkylation sites (tertiary alicyclic amines) is 1. The van der Waals surface area contributed by atoms with Crippen LogP contribution in [0.5, 0.6) is 0 Å². The van der Waals surface area contributed by atoms with Crippen molar-refractivity contribution in [1.29, 1.82) is 0 Å². The molecule has 1 heterocycles. The number of hydrogen-bond donors (Lipinski definition) is 1. The molecule has 0 aliphatic carbocycles.